The van der Waals surface area contributed by atoms with E-state index in [2.05, 4.69) is 15.3 Å². The average molecular weight is 359 g/mol. The van der Waals surface area contributed by atoms with Gasteiger partial charge in [-0.3, -0.25) is 4.79 Å². The van der Waals surface area contributed by atoms with Crippen LogP contribution >= 0.6 is 0 Å². The van der Waals surface area contributed by atoms with Crippen molar-refractivity contribution in [1.29, 1.82) is 0 Å². The average Bonchev–Trinajstić information content (AvgIpc) is 3.04. The molecule has 7 heteroatoms. The van der Waals surface area contributed by atoms with Gasteiger partial charge in [-0.2, -0.15) is 0 Å². The summed E-state index contributed by atoms with van der Waals surface area (Å²) in [6.07, 6.45) is 4.44. The predicted octanol–water partition coefficient (Wildman–Crippen LogP) is 1.76. The number of hydrogen-bond donors (Lipinski definition) is 3. The summed E-state index contributed by atoms with van der Waals surface area (Å²) in [6, 6.07) is 5.26. The maximum absolute atomic E-state index is 12.7. The second-order valence-corrected chi connectivity index (χ2v) is 7.19. The van der Waals surface area contributed by atoms with Crippen molar-refractivity contribution >= 4 is 16.9 Å². The topological polar surface area (TPSA) is 96.5 Å². The third kappa shape index (κ3) is 3.75. The SMILES string of the molecule is O=C(N[C@@H]1CCOC[C@H]1OCC1CCC1)c1ccc2nc(CO)[nH]c2c1. The van der Waals surface area contributed by atoms with Crippen molar-refractivity contribution in [3.8, 4) is 0 Å². The van der Waals surface area contributed by atoms with Crippen LogP contribution in [0.1, 0.15) is 41.9 Å². The highest BCUT2D eigenvalue weighted by atomic mass is 16.5. The Labute approximate surface area is 152 Å². The lowest BCUT2D eigenvalue weighted by molar-refractivity contribution is -0.0819. The van der Waals surface area contributed by atoms with E-state index >= 15 is 0 Å². The molecule has 1 amide bonds. The van der Waals surface area contributed by atoms with E-state index in [1.165, 1.54) is 19.3 Å². The Morgan fingerprint density at radius 3 is 3.04 bits per heavy atom. The number of nitrogens with zero attached hydrogens (tertiary/aromatic N) is 1. The Balaban J connectivity index is 1.41. The van der Waals surface area contributed by atoms with Crippen molar-refractivity contribution in [2.45, 2.75) is 44.4 Å². The third-order valence-corrected chi connectivity index (χ3v) is 5.33. The minimum Gasteiger partial charge on any atom is -0.388 e. The van der Waals surface area contributed by atoms with E-state index < -0.39 is 0 Å². The maximum Gasteiger partial charge on any atom is 0.251 e. The van der Waals surface area contributed by atoms with Crippen LogP contribution in [0.2, 0.25) is 0 Å². The normalized spacial score (nSPS) is 23.7. The van der Waals surface area contributed by atoms with Gasteiger partial charge in [-0.15, -0.1) is 0 Å². The first kappa shape index (κ1) is 17.5. The first-order valence-electron chi connectivity index (χ1n) is 9.32. The summed E-state index contributed by atoms with van der Waals surface area (Å²) in [4.78, 5) is 19.9. The van der Waals surface area contributed by atoms with Gasteiger partial charge in [0.05, 0.1) is 23.7 Å². The molecule has 2 aliphatic rings. The second-order valence-electron chi connectivity index (χ2n) is 7.19. The first-order valence-corrected chi connectivity index (χ1v) is 9.32. The van der Waals surface area contributed by atoms with E-state index in [0.717, 1.165) is 24.1 Å². The largest absolute Gasteiger partial charge is 0.388 e. The number of rotatable bonds is 6. The molecular formula is C19H25N3O4. The number of carbonyl (C=O) groups is 1. The van der Waals surface area contributed by atoms with Crippen molar-refractivity contribution in [3.05, 3.63) is 29.6 Å². The quantitative estimate of drug-likeness (QED) is 0.730. The molecule has 2 heterocycles. The molecule has 1 saturated heterocycles. The van der Waals surface area contributed by atoms with Crippen molar-refractivity contribution in [3.63, 3.8) is 0 Å². The molecule has 1 aliphatic carbocycles. The summed E-state index contributed by atoms with van der Waals surface area (Å²) in [5.41, 5.74) is 2.04. The van der Waals surface area contributed by atoms with Crippen LogP contribution in [0.5, 0.6) is 0 Å². The van der Waals surface area contributed by atoms with E-state index in [-0.39, 0.29) is 24.7 Å². The Kier molecular flexibility index (Phi) is 5.19. The third-order valence-electron chi connectivity index (χ3n) is 5.33. The highest BCUT2D eigenvalue weighted by Gasteiger charge is 2.30. The van der Waals surface area contributed by atoms with Crippen LogP contribution in [0, 0.1) is 5.92 Å². The van der Waals surface area contributed by atoms with Crippen LogP contribution in [-0.4, -0.2) is 52.9 Å². The lowest BCUT2D eigenvalue weighted by atomic mass is 9.86. The number of hydrogen-bond acceptors (Lipinski definition) is 5. The molecule has 1 saturated carbocycles. The standard InChI is InChI=1S/C19H25N3O4/c23-9-18-20-14-5-4-13(8-16(14)21-18)19(24)22-15-6-7-25-11-17(15)26-10-12-2-1-3-12/h4-5,8,12,15,17,23H,1-3,6-7,9-11H2,(H,20,21)(H,22,24)/t15-,17-/m1/s1. The summed E-state index contributed by atoms with van der Waals surface area (Å²) in [6.45, 7) is 1.76. The molecule has 0 spiro atoms. The van der Waals surface area contributed by atoms with Crippen LogP contribution in [0.15, 0.2) is 18.2 Å². The smallest absolute Gasteiger partial charge is 0.251 e. The predicted molar refractivity (Wildman–Crippen MR) is 95.8 cm³/mol. The van der Waals surface area contributed by atoms with Crippen LogP contribution < -0.4 is 5.32 Å². The molecule has 1 aliphatic heterocycles. The van der Waals surface area contributed by atoms with Gasteiger partial charge in [0.1, 0.15) is 18.5 Å². The molecule has 140 valence electrons. The van der Waals surface area contributed by atoms with Crippen LogP contribution in [0.4, 0.5) is 0 Å². The Bertz CT molecular complexity index is 771. The zero-order valence-corrected chi connectivity index (χ0v) is 14.7. The fourth-order valence-electron chi connectivity index (χ4n) is 3.49. The van der Waals surface area contributed by atoms with Crippen molar-refractivity contribution in [2.24, 2.45) is 5.92 Å². The number of imidazole rings is 1. The summed E-state index contributed by atoms with van der Waals surface area (Å²) in [5.74, 6) is 1.03. The number of nitrogens with one attached hydrogen (secondary N) is 2. The maximum atomic E-state index is 12.7. The zero-order valence-electron chi connectivity index (χ0n) is 14.7. The number of aliphatic hydroxyl groups excluding tert-OH is 1. The molecular weight excluding hydrogens is 334 g/mol. The fraction of sp³-hybridized carbons (Fsp3) is 0.579. The number of ether oxygens (including phenoxy) is 2. The minimum absolute atomic E-state index is 0.0400. The molecule has 7 nitrogen and oxygen atoms in total. The molecule has 1 aromatic carbocycles. The van der Waals surface area contributed by atoms with Gasteiger partial charge >= 0.3 is 0 Å². The summed E-state index contributed by atoms with van der Waals surface area (Å²) < 4.78 is 11.6. The molecule has 3 N–H and O–H groups in total. The number of amides is 1. The summed E-state index contributed by atoms with van der Waals surface area (Å²) >= 11 is 0. The number of carbonyl (C=O) groups excluding carboxylic acids is 1. The summed E-state index contributed by atoms with van der Waals surface area (Å²) in [5, 5.41) is 12.3. The summed E-state index contributed by atoms with van der Waals surface area (Å²) in [7, 11) is 0. The number of aromatic amines is 1. The molecule has 0 bridgehead atoms. The van der Waals surface area contributed by atoms with Gasteiger partial charge in [0.25, 0.3) is 5.91 Å². The molecule has 2 atom stereocenters. The Morgan fingerprint density at radius 2 is 2.27 bits per heavy atom. The highest BCUT2D eigenvalue weighted by Crippen LogP contribution is 2.27. The van der Waals surface area contributed by atoms with Crippen LogP contribution in [0.3, 0.4) is 0 Å². The lowest BCUT2D eigenvalue weighted by Gasteiger charge is -2.34. The number of aromatic nitrogens is 2. The number of benzene rings is 1. The van der Waals surface area contributed by atoms with E-state index in [9.17, 15) is 9.90 Å². The van der Waals surface area contributed by atoms with Crippen molar-refractivity contribution < 1.29 is 19.4 Å². The van der Waals surface area contributed by atoms with Gasteiger partial charge in [-0.25, -0.2) is 4.98 Å². The van der Waals surface area contributed by atoms with Gasteiger partial charge in [0.15, 0.2) is 0 Å². The van der Waals surface area contributed by atoms with Crippen molar-refractivity contribution in [2.75, 3.05) is 19.8 Å². The first-order chi connectivity index (χ1) is 12.7. The molecule has 2 fully saturated rings. The number of fused-ring (bicyclic) bond motifs is 1. The molecule has 4 rings (SSSR count). The van der Waals surface area contributed by atoms with E-state index in [0.29, 0.717) is 30.5 Å². The molecule has 26 heavy (non-hydrogen) atoms. The minimum atomic E-state index is -0.154. The van der Waals surface area contributed by atoms with Crippen LogP contribution in [-0.2, 0) is 16.1 Å². The van der Waals surface area contributed by atoms with Gasteiger partial charge in [-0.1, -0.05) is 6.42 Å². The van der Waals surface area contributed by atoms with Gasteiger partial charge in [-0.05, 0) is 43.4 Å². The monoisotopic (exact) mass is 359 g/mol. The van der Waals surface area contributed by atoms with E-state index in [1.54, 1.807) is 18.2 Å². The zero-order chi connectivity index (χ0) is 17.9. The number of aliphatic hydroxyl groups is 1. The molecule has 2 aromatic rings. The van der Waals surface area contributed by atoms with E-state index in [1.807, 2.05) is 0 Å². The second kappa shape index (κ2) is 7.73. The molecule has 0 unspecified atom stereocenters. The Hall–Kier alpha value is -1.96. The van der Waals surface area contributed by atoms with E-state index in [4.69, 9.17) is 9.47 Å². The lowest BCUT2D eigenvalue weighted by Crippen LogP contribution is -2.50. The van der Waals surface area contributed by atoms with Crippen molar-refractivity contribution in [1.82, 2.24) is 15.3 Å². The number of H-pyrrole nitrogens is 1. The van der Waals surface area contributed by atoms with Gasteiger partial charge < -0.3 is 24.9 Å². The van der Waals surface area contributed by atoms with Gasteiger partial charge in [0, 0.05) is 18.8 Å². The van der Waals surface area contributed by atoms with Crippen LogP contribution in [0.25, 0.3) is 11.0 Å². The molecule has 0 radical (unpaired) electrons. The van der Waals surface area contributed by atoms with Gasteiger partial charge in [0.2, 0.25) is 0 Å². The highest BCUT2D eigenvalue weighted by molar-refractivity contribution is 5.97. The molecule has 1 aromatic heterocycles. The Morgan fingerprint density at radius 1 is 1.38 bits per heavy atom. The fourth-order valence-corrected chi connectivity index (χ4v) is 3.49.